The third kappa shape index (κ3) is 3.97. The standard InChI is InChI=1S/C22H23FN4O3S/c1-4-30-22(29)18-17-12-26(14(3)28)8-9-27(17)20(21-24-7-10-31-21)25-19(18)16-6-5-15(23)11-13(16)2/h5-7,10-11,19H,4,8-9,12H2,1-3H3. The molecule has 0 bridgehead atoms. The minimum atomic E-state index is -0.684. The number of carbonyl (C=O) groups excluding carboxylic acids is 2. The fraction of sp³-hybridized carbons (Fsp3) is 0.364. The molecule has 1 aromatic carbocycles. The Balaban J connectivity index is 1.92. The Morgan fingerprint density at radius 3 is 2.77 bits per heavy atom. The molecule has 0 N–H and O–H groups in total. The number of hydrogen-bond acceptors (Lipinski definition) is 7. The summed E-state index contributed by atoms with van der Waals surface area (Å²) in [6.45, 7) is 6.54. The van der Waals surface area contributed by atoms with E-state index in [9.17, 15) is 14.0 Å². The quantitative estimate of drug-likeness (QED) is 0.681. The van der Waals surface area contributed by atoms with Crippen LogP contribution in [0.4, 0.5) is 4.39 Å². The Morgan fingerprint density at radius 1 is 1.32 bits per heavy atom. The number of ether oxygens (including phenoxy) is 1. The van der Waals surface area contributed by atoms with Gasteiger partial charge in [0.1, 0.15) is 11.9 Å². The molecular weight excluding hydrogens is 419 g/mol. The lowest BCUT2D eigenvalue weighted by Crippen LogP contribution is -2.51. The molecule has 9 heteroatoms. The summed E-state index contributed by atoms with van der Waals surface area (Å²) >= 11 is 1.45. The van der Waals surface area contributed by atoms with Crippen LogP contribution in [-0.4, -0.2) is 58.7 Å². The molecule has 0 spiro atoms. The van der Waals surface area contributed by atoms with E-state index in [2.05, 4.69) is 4.98 Å². The molecule has 1 aromatic heterocycles. The van der Waals surface area contributed by atoms with Gasteiger partial charge in [0.15, 0.2) is 10.8 Å². The number of benzene rings is 1. The highest BCUT2D eigenvalue weighted by molar-refractivity contribution is 7.11. The molecule has 1 unspecified atom stereocenters. The molecule has 1 atom stereocenters. The van der Waals surface area contributed by atoms with E-state index in [-0.39, 0.29) is 24.9 Å². The van der Waals surface area contributed by atoms with E-state index in [1.165, 1.54) is 30.4 Å². The largest absolute Gasteiger partial charge is 0.463 e. The minimum Gasteiger partial charge on any atom is -0.463 e. The molecule has 1 fully saturated rings. The van der Waals surface area contributed by atoms with Crippen LogP contribution >= 0.6 is 11.3 Å². The van der Waals surface area contributed by atoms with Crippen LogP contribution in [0.2, 0.25) is 0 Å². The van der Waals surface area contributed by atoms with Gasteiger partial charge in [0.2, 0.25) is 5.91 Å². The monoisotopic (exact) mass is 442 g/mol. The van der Waals surface area contributed by atoms with Crippen molar-refractivity contribution in [3.05, 3.63) is 63.0 Å². The van der Waals surface area contributed by atoms with Gasteiger partial charge < -0.3 is 14.5 Å². The molecule has 31 heavy (non-hydrogen) atoms. The van der Waals surface area contributed by atoms with E-state index in [1.807, 2.05) is 10.3 Å². The van der Waals surface area contributed by atoms with E-state index < -0.39 is 12.0 Å². The van der Waals surface area contributed by atoms with Crippen LogP contribution in [-0.2, 0) is 14.3 Å². The number of thiazole rings is 1. The van der Waals surface area contributed by atoms with Crippen LogP contribution in [0.3, 0.4) is 0 Å². The van der Waals surface area contributed by atoms with Crippen molar-refractivity contribution in [3.63, 3.8) is 0 Å². The highest BCUT2D eigenvalue weighted by Gasteiger charge is 2.40. The predicted molar refractivity (Wildman–Crippen MR) is 115 cm³/mol. The van der Waals surface area contributed by atoms with Gasteiger partial charge in [-0.1, -0.05) is 6.07 Å². The van der Waals surface area contributed by atoms with Crippen molar-refractivity contribution >= 4 is 29.0 Å². The van der Waals surface area contributed by atoms with Gasteiger partial charge in [-0.05, 0) is 37.1 Å². The van der Waals surface area contributed by atoms with Gasteiger partial charge in [-0.15, -0.1) is 11.3 Å². The van der Waals surface area contributed by atoms with Crippen molar-refractivity contribution in [1.29, 1.82) is 0 Å². The number of amides is 1. The SMILES string of the molecule is CCOC(=O)C1=C2CN(C(C)=O)CCN2C(c2nccs2)=NC1c1ccc(F)cc1C. The van der Waals surface area contributed by atoms with Gasteiger partial charge in [-0.25, -0.2) is 14.2 Å². The molecule has 1 saturated heterocycles. The van der Waals surface area contributed by atoms with Crippen LogP contribution in [0.25, 0.3) is 0 Å². The number of fused-ring (bicyclic) bond motifs is 1. The molecule has 3 heterocycles. The first-order valence-electron chi connectivity index (χ1n) is 10.1. The average molecular weight is 443 g/mol. The molecule has 0 saturated carbocycles. The van der Waals surface area contributed by atoms with Gasteiger partial charge in [-0.2, -0.15) is 0 Å². The summed E-state index contributed by atoms with van der Waals surface area (Å²) in [5.74, 6) is -0.254. The van der Waals surface area contributed by atoms with Crippen LogP contribution in [0, 0.1) is 12.7 Å². The third-order valence-electron chi connectivity index (χ3n) is 5.44. The number of rotatable bonds is 4. The normalized spacial score (nSPS) is 18.6. The summed E-state index contributed by atoms with van der Waals surface area (Å²) < 4.78 is 19.2. The number of aliphatic imine (C=N–C) groups is 1. The first-order chi connectivity index (χ1) is 14.9. The number of esters is 1. The zero-order valence-electron chi connectivity index (χ0n) is 17.6. The minimum absolute atomic E-state index is 0.0665. The summed E-state index contributed by atoms with van der Waals surface area (Å²) in [6.07, 6.45) is 1.71. The fourth-order valence-electron chi connectivity index (χ4n) is 3.96. The molecule has 1 amide bonds. The third-order valence-corrected chi connectivity index (χ3v) is 6.21. The predicted octanol–water partition coefficient (Wildman–Crippen LogP) is 3.07. The zero-order valence-corrected chi connectivity index (χ0v) is 18.4. The molecule has 162 valence electrons. The van der Waals surface area contributed by atoms with Gasteiger partial charge in [0.25, 0.3) is 0 Å². The maximum Gasteiger partial charge on any atom is 0.338 e. The van der Waals surface area contributed by atoms with Gasteiger partial charge in [-0.3, -0.25) is 9.79 Å². The number of halogens is 1. The highest BCUT2D eigenvalue weighted by atomic mass is 32.1. The van der Waals surface area contributed by atoms with E-state index >= 15 is 0 Å². The molecule has 4 rings (SSSR count). The Labute approximate surface area is 183 Å². The topological polar surface area (TPSA) is 75.1 Å². The van der Waals surface area contributed by atoms with Crippen molar-refractivity contribution in [2.75, 3.05) is 26.2 Å². The van der Waals surface area contributed by atoms with Crippen LogP contribution in [0.1, 0.15) is 36.0 Å². The number of carbonyl (C=O) groups is 2. The molecular formula is C22H23FN4O3S. The Morgan fingerprint density at radius 2 is 2.13 bits per heavy atom. The zero-order chi connectivity index (χ0) is 22.1. The van der Waals surface area contributed by atoms with Crippen molar-refractivity contribution in [1.82, 2.24) is 14.8 Å². The lowest BCUT2D eigenvalue weighted by Gasteiger charge is -2.42. The van der Waals surface area contributed by atoms with Crippen LogP contribution in [0.15, 0.2) is 46.0 Å². The second kappa shape index (κ2) is 8.58. The molecule has 2 aromatic rings. The van der Waals surface area contributed by atoms with Crippen LogP contribution in [0.5, 0.6) is 0 Å². The second-order valence-electron chi connectivity index (χ2n) is 7.37. The molecule has 0 aliphatic carbocycles. The fourth-order valence-corrected chi connectivity index (χ4v) is 4.60. The molecule has 7 nitrogen and oxygen atoms in total. The Bertz CT molecular complexity index is 1080. The maximum absolute atomic E-state index is 13.8. The van der Waals surface area contributed by atoms with E-state index in [4.69, 9.17) is 9.73 Å². The van der Waals surface area contributed by atoms with Crippen LogP contribution < -0.4 is 0 Å². The maximum atomic E-state index is 13.8. The van der Waals surface area contributed by atoms with Crippen molar-refractivity contribution in [2.45, 2.75) is 26.8 Å². The van der Waals surface area contributed by atoms with Crippen molar-refractivity contribution in [2.24, 2.45) is 4.99 Å². The lowest BCUT2D eigenvalue weighted by atomic mass is 9.91. The molecule has 2 aliphatic rings. The smallest absolute Gasteiger partial charge is 0.338 e. The molecule has 0 radical (unpaired) electrons. The second-order valence-corrected chi connectivity index (χ2v) is 8.26. The van der Waals surface area contributed by atoms with E-state index in [0.29, 0.717) is 41.3 Å². The van der Waals surface area contributed by atoms with E-state index in [1.54, 1.807) is 31.0 Å². The number of aromatic nitrogens is 1. The Kier molecular flexibility index (Phi) is 5.86. The van der Waals surface area contributed by atoms with Gasteiger partial charge >= 0.3 is 5.97 Å². The number of piperazine rings is 1. The summed E-state index contributed by atoms with van der Waals surface area (Å²) in [6, 6.07) is 3.76. The number of aryl methyl sites for hydroxylation is 1. The first kappa shape index (κ1) is 21.2. The average Bonchev–Trinajstić information content (AvgIpc) is 3.27. The first-order valence-corrected chi connectivity index (χ1v) is 11.0. The summed E-state index contributed by atoms with van der Waals surface area (Å²) in [5.41, 5.74) is 2.45. The number of nitrogens with zero attached hydrogens (tertiary/aromatic N) is 4. The summed E-state index contributed by atoms with van der Waals surface area (Å²) in [7, 11) is 0. The number of hydrogen-bond donors (Lipinski definition) is 0. The molecule has 2 aliphatic heterocycles. The van der Waals surface area contributed by atoms with Gasteiger partial charge in [0.05, 0.1) is 24.4 Å². The summed E-state index contributed by atoms with van der Waals surface area (Å²) in [4.78, 5) is 38.2. The highest BCUT2D eigenvalue weighted by Crippen LogP contribution is 2.39. The van der Waals surface area contributed by atoms with Crippen molar-refractivity contribution in [3.8, 4) is 0 Å². The van der Waals surface area contributed by atoms with Crippen molar-refractivity contribution < 1.29 is 18.7 Å². The van der Waals surface area contributed by atoms with E-state index in [0.717, 1.165) is 5.01 Å². The number of amidine groups is 1. The summed E-state index contributed by atoms with van der Waals surface area (Å²) in [5, 5.41) is 2.59. The Hall–Kier alpha value is -3.07. The van der Waals surface area contributed by atoms with Gasteiger partial charge in [0, 0.05) is 31.6 Å². The lowest BCUT2D eigenvalue weighted by molar-refractivity contribution is -0.139.